The Morgan fingerprint density at radius 3 is 2.22 bits per heavy atom. The second kappa shape index (κ2) is 7.40. The SMILES string of the molecule is O=C(Cn1nc(-c2ccc(F)cc2)ccc1=O)Nc1cc(F)c(F)c(F)c1. The molecule has 0 radical (unpaired) electrons. The van der Waals surface area contributed by atoms with Gasteiger partial charge in [-0.05, 0) is 30.3 Å². The van der Waals surface area contributed by atoms with Gasteiger partial charge in [0.2, 0.25) is 5.91 Å². The number of nitrogens with zero attached hydrogens (tertiary/aromatic N) is 2. The lowest BCUT2D eigenvalue weighted by atomic mass is 10.1. The van der Waals surface area contributed by atoms with Gasteiger partial charge < -0.3 is 5.32 Å². The fourth-order valence-electron chi connectivity index (χ4n) is 2.30. The molecule has 3 aromatic rings. The molecule has 0 aliphatic rings. The van der Waals surface area contributed by atoms with E-state index in [9.17, 15) is 27.2 Å². The van der Waals surface area contributed by atoms with E-state index in [1.54, 1.807) is 0 Å². The van der Waals surface area contributed by atoms with Crippen molar-refractivity contribution in [2.75, 3.05) is 5.32 Å². The monoisotopic (exact) mass is 377 g/mol. The second-order valence-corrected chi connectivity index (χ2v) is 5.52. The molecule has 2 aromatic carbocycles. The van der Waals surface area contributed by atoms with Crippen molar-refractivity contribution in [3.63, 3.8) is 0 Å². The van der Waals surface area contributed by atoms with Crippen molar-refractivity contribution < 1.29 is 22.4 Å². The van der Waals surface area contributed by atoms with Crippen molar-refractivity contribution in [1.29, 1.82) is 0 Å². The van der Waals surface area contributed by atoms with E-state index in [1.807, 2.05) is 0 Å². The summed E-state index contributed by atoms with van der Waals surface area (Å²) < 4.78 is 53.2. The van der Waals surface area contributed by atoms with Gasteiger partial charge in [-0.1, -0.05) is 0 Å². The summed E-state index contributed by atoms with van der Waals surface area (Å²) in [5, 5.41) is 6.17. The Balaban J connectivity index is 1.80. The fourth-order valence-corrected chi connectivity index (χ4v) is 2.30. The van der Waals surface area contributed by atoms with Gasteiger partial charge in [0.15, 0.2) is 17.5 Å². The normalized spacial score (nSPS) is 10.7. The third-order valence-electron chi connectivity index (χ3n) is 3.57. The largest absolute Gasteiger partial charge is 0.324 e. The van der Waals surface area contributed by atoms with Crippen LogP contribution < -0.4 is 10.9 Å². The van der Waals surface area contributed by atoms with E-state index >= 15 is 0 Å². The lowest BCUT2D eigenvalue weighted by Gasteiger charge is -2.09. The first-order valence-electron chi connectivity index (χ1n) is 7.62. The number of carbonyl (C=O) groups excluding carboxylic acids is 1. The highest BCUT2D eigenvalue weighted by atomic mass is 19.2. The van der Waals surface area contributed by atoms with Crippen LogP contribution in [-0.2, 0) is 11.3 Å². The van der Waals surface area contributed by atoms with Crippen molar-refractivity contribution in [2.45, 2.75) is 6.54 Å². The molecular formula is C18H11F4N3O2. The third kappa shape index (κ3) is 4.20. The number of benzene rings is 2. The highest BCUT2D eigenvalue weighted by Gasteiger charge is 2.13. The van der Waals surface area contributed by atoms with Gasteiger partial charge in [0, 0.05) is 29.4 Å². The molecule has 27 heavy (non-hydrogen) atoms. The zero-order valence-corrected chi connectivity index (χ0v) is 13.5. The summed E-state index contributed by atoms with van der Waals surface area (Å²) >= 11 is 0. The number of hydrogen-bond donors (Lipinski definition) is 1. The van der Waals surface area contributed by atoms with Gasteiger partial charge in [-0.15, -0.1) is 0 Å². The summed E-state index contributed by atoms with van der Waals surface area (Å²) in [6, 6.07) is 9.16. The lowest BCUT2D eigenvalue weighted by molar-refractivity contribution is -0.117. The van der Waals surface area contributed by atoms with Gasteiger partial charge in [-0.25, -0.2) is 22.2 Å². The minimum Gasteiger partial charge on any atom is -0.324 e. The Bertz CT molecular complexity index is 1040. The van der Waals surface area contributed by atoms with Crippen LogP contribution >= 0.6 is 0 Å². The van der Waals surface area contributed by atoms with Crippen LogP contribution in [0.5, 0.6) is 0 Å². The summed E-state index contributed by atoms with van der Waals surface area (Å²) in [6.07, 6.45) is 0. The molecule has 0 unspecified atom stereocenters. The van der Waals surface area contributed by atoms with Crippen LogP contribution in [0.15, 0.2) is 53.3 Å². The third-order valence-corrected chi connectivity index (χ3v) is 3.57. The number of rotatable bonds is 4. The van der Waals surface area contributed by atoms with Crippen LogP contribution in [0.3, 0.4) is 0 Å². The molecule has 1 amide bonds. The average Bonchev–Trinajstić information content (AvgIpc) is 2.62. The number of amides is 1. The van der Waals surface area contributed by atoms with Crippen molar-refractivity contribution in [3.8, 4) is 11.3 Å². The summed E-state index contributed by atoms with van der Waals surface area (Å²) in [5.74, 6) is -5.81. The Labute approximate surface area is 149 Å². The molecule has 0 aliphatic heterocycles. The van der Waals surface area contributed by atoms with E-state index in [2.05, 4.69) is 10.4 Å². The van der Waals surface area contributed by atoms with E-state index in [0.29, 0.717) is 23.4 Å². The van der Waals surface area contributed by atoms with E-state index < -0.39 is 41.3 Å². The molecular weight excluding hydrogens is 366 g/mol. The molecule has 9 heteroatoms. The second-order valence-electron chi connectivity index (χ2n) is 5.52. The quantitative estimate of drug-likeness (QED) is 0.561. The molecule has 1 N–H and O–H groups in total. The summed E-state index contributed by atoms with van der Waals surface area (Å²) in [5.41, 5.74) is -0.0545. The predicted molar refractivity (Wildman–Crippen MR) is 88.8 cm³/mol. The first-order valence-corrected chi connectivity index (χ1v) is 7.62. The Kier molecular flexibility index (Phi) is 5.02. The Hall–Kier alpha value is -3.49. The van der Waals surface area contributed by atoms with Gasteiger partial charge in [0.25, 0.3) is 5.56 Å². The maximum atomic E-state index is 13.2. The maximum absolute atomic E-state index is 13.2. The van der Waals surface area contributed by atoms with Crippen LogP contribution in [0.1, 0.15) is 0 Å². The molecule has 5 nitrogen and oxygen atoms in total. The minimum atomic E-state index is -1.65. The smallest absolute Gasteiger partial charge is 0.267 e. The van der Waals surface area contributed by atoms with Crippen molar-refractivity contribution >= 4 is 11.6 Å². The Morgan fingerprint density at radius 2 is 1.59 bits per heavy atom. The van der Waals surface area contributed by atoms with Crippen molar-refractivity contribution in [3.05, 3.63) is 82.2 Å². The number of carbonyl (C=O) groups is 1. The number of anilines is 1. The van der Waals surface area contributed by atoms with Crippen LogP contribution in [0, 0.1) is 23.3 Å². The topological polar surface area (TPSA) is 64.0 Å². The lowest BCUT2D eigenvalue weighted by Crippen LogP contribution is -2.29. The molecule has 1 heterocycles. The summed E-state index contributed by atoms with van der Waals surface area (Å²) in [6.45, 7) is -0.547. The first-order chi connectivity index (χ1) is 12.8. The molecule has 0 saturated heterocycles. The number of hydrogen-bond acceptors (Lipinski definition) is 3. The van der Waals surface area contributed by atoms with E-state index in [4.69, 9.17) is 0 Å². The summed E-state index contributed by atoms with van der Waals surface area (Å²) in [4.78, 5) is 23.9. The summed E-state index contributed by atoms with van der Waals surface area (Å²) in [7, 11) is 0. The molecule has 3 rings (SSSR count). The molecule has 0 saturated carbocycles. The van der Waals surface area contributed by atoms with Crippen molar-refractivity contribution in [2.24, 2.45) is 0 Å². The van der Waals surface area contributed by atoms with Crippen LogP contribution in [-0.4, -0.2) is 15.7 Å². The molecule has 0 atom stereocenters. The van der Waals surface area contributed by atoms with E-state index in [-0.39, 0.29) is 5.69 Å². The molecule has 0 aliphatic carbocycles. The Morgan fingerprint density at radius 1 is 0.963 bits per heavy atom. The fraction of sp³-hybridized carbons (Fsp3) is 0.0556. The van der Waals surface area contributed by atoms with E-state index in [0.717, 1.165) is 4.68 Å². The van der Waals surface area contributed by atoms with Crippen LogP contribution in [0.25, 0.3) is 11.3 Å². The van der Waals surface area contributed by atoms with Gasteiger partial charge in [0.1, 0.15) is 12.4 Å². The molecule has 0 bridgehead atoms. The maximum Gasteiger partial charge on any atom is 0.267 e. The number of aromatic nitrogens is 2. The minimum absolute atomic E-state index is 0.306. The zero-order chi connectivity index (χ0) is 19.6. The van der Waals surface area contributed by atoms with Gasteiger partial charge in [0.05, 0.1) is 5.69 Å². The predicted octanol–water partition coefficient (Wildman–Crippen LogP) is 3.11. The number of nitrogens with one attached hydrogen (secondary N) is 1. The van der Waals surface area contributed by atoms with Crippen molar-refractivity contribution in [1.82, 2.24) is 9.78 Å². The van der Waals surface area contributed by atoms with Gasteiger partial charge >= 0.3 is 0 Å². The average molecular weight is 377 g/mol. The standard InChI is InChI=1S/C18H11F4N3O2/c19-11-3-1-10(2-4-11)15-5-6-17(27)25(24-15)9-16(26)23-12-7-13(20)18(22)14(21)8-12/h1-8H,9H2,(H,23,26). The van der Waals surface area contributed by atoms with Gasteiger partial charge in [-0.3, -0.25) is 9.59 Å². The molecule has 1 aromatic heterocycles. The molecule has 0 fully saturated rings. The van der Waals surface area contributed by atoms with Crippen LogP contribution in [0.2, 0.25) is 0 Å². The molecule has 138 valence electrons. The van der Waals surface area contributed by atoms with E-state index in [1.165, 1.54) is 36.4 Å². The zero-order valence-electron chi connectivity index (χ0n) is 13.5. The first kappa shape index (κ1) is 18.3. The molecule has 0 spiro atoms. The highest BCUT2D eigenvalue weighted by Crippen LogP contribution is 2.18. The number of halogens is 4. The van der Waals surface area contributed by atoms with Gasteiger partial charge in [-0.2, -0.15) is 5.10 Å². The van der Waals surface area contributed by atoms with Crippen LogP contribution in [0.4, 0.5) is 23.2 Å². The highest BCUT2D eigenvalue weighted by molar-refractivity contribution is 5.90.